The van der Waals surface area contributed by atoms with Crippen molar-refractivity contribution in [1.29, 1.82) is 0 Å². The van der Waals surface area contributed by atoms with E-state index < -0.39 is 10.0 Å². The van der Waals surface area contributed by atoms with Crippen LogP contribution in [0.2, 0.25) is 0 Å². The van der Waals surface area contributed by atoms with Gasteiger partial charge in [-0.1, -0.05) is 32.0 Å². The maximum Gasteiger partial charge on any atom is 0.211 e. The molecule has 5 nitrogen and oxygen atoms in total. The van der Waals surface area contributed by atoms with Gasteiger partial charge in [-0.05, 0) is 32.4 Å². The lowest BCUT2D eigenvalue weighted by molar-refractivity contribution is 0.400. The topological polar surface area (TPSA) is 62.6 Å². The molecule has 0 amide bonds. The molecule has 2 rings (SSSR count). The van der Waals surface area contributed by atoms with E-state index in [1.54, 1.807) is 0 Å². The first-order valence-corrected chi connectivity index (χ1v) is 10.4. The minimum atomic E-state index is -3.11. The fourth-order valence-corrected chi connectivity index (χ4v) is 3.99. The minimum absolute atomic E-state index is 0.0978. The zero-order valence-corrected chi connectivity index (χ0v) is 15.8. The van der Waals surface area contributed by atoms with Gasteiger partial charge in [0.05, 0.1) is 12.3 Å². The van der Waals surface area contributed by atoms with Crippen molar-refractivity contribution in [3.05, 3.63) is 35.6 Å². The highest BCUT2D eigenvalue weighted by Crippen LogP contribution is 2.30. The predicted octanol–water partition coefficient (Wildman–Crippen LogP) is 3.32. The van der Waals surface area contributed by atoms with Crippen molar-refractivity contribution in [2.45, 2.75) is 39.7 Å². The molecule has 0 aliphatic carbocycles. The van der Waals surface area contributed by atoms with Crippen LogP contribution in [0, 0.1) is 0 Å². The molecule has 6 heteroatoms. The predicted molar refractivity (Wildman–Crippen MR) is 98.7 cm³/mol. The summed E-state index contributed by atoms with van der Waals surface area (Å²) in [7, 11) is -3.11. The summed E-state index contributed by atoms with van der Waals surface area (Å²) in [6, 6.07) is 8.21. The van der Waals surface area contributed by atoms with Gasteiger partial charge in [0, 0.05) is 24.0 Å². The second-order valence-corrected chi connectivity index (χ2v) is 8.06. The molecule has 1 aromatic heterocycles. The fourth-order valence-electron chi connectivity index (χ4n) is 3.06. The molecule has 0 fully saturated rings. The maximum atomic E-state index is 11.6. The smallest absolute Gasteiger partial charge is 0.211 e. The van der Waals surface area contributed by atoms with Crippen LogP contribution >= 0.6 is 0 Å². The highest BCUT2D eigenvalue weighted by atomic mass is 32.2. The van der Waals surface area contributed by atoms with Gasteiger partial charge in [0.25, 0.3) is 0 Å². The zero-order valence-electron chi connectivity index (χ0n) is 15.0. The van der Waals surface area contributed by atoms with Gasteiger partial charge in [0.2, 0.25) is 10.0 Å². The van der Waals surface area contributed by atoms with Crippen molar-refractivity contribution in [1.82, 2.24) is 9.62 Å². The molecule has 0 aliphatic heterocycles. The van der Waals surface area contributed by atoms with Crippen molar-refractivity contribution in [2.24, 2.45) is 0 Å². The summed E-state index contributed by atoms with van der Waals surface area (Å²) in [6.07, 6.45) is 2.96. The minimum Gasteiger partial charge on any atom is -0.459 e. The molecular weight excluding hydrogens is 324 g/mol. The maximum absolute atomic E-state index is 11.6. The number of sulfonamides is 1. The number of benzene rings is 1. The second-order valence-electron chi connectivity index (χ2n) is 6.08. The third kappa shape index (κ3) is 4.37. The first kappa shape index (κ1) is 19.0. The van der Waals surface area contributed by atoms with Crippen molar-refractivity contribution < 1.29 is 12.8 Å². The zero-order chi connectivity index (χ0) is 17.7. The molecule has 1 unspecified atom stereocenters. The Labute approximate surface area is 145 Å². The van der Waals surface area contributed by atoms with E-state index in [0.717, 1.165) is 30.7 Å². The van der Waals surface area contributed by atoms with Crippen LogP contribution < -0.4 is 5.32 Å². The van der Waals surface area contributed by atoms with E-state index in [0.29, 0.717) is 13.1 Å². The summed E-state index contributed by atoms with van der Waals surface area (Å²) in [5.74, 6) is 0.981. The molecule has 0 saturated heterocycles. The van der Waals surface area contributed by atoms with Crippen LogP contribution in [-0.2, 0) is 16.4 Å². The molecule has 1 atom stereocenters. The number of aryl methyl sites for hydroxylation is 1. The highest BCUT2D eigenvalue weighted by molar-refractivity contribution is 7.88. The summed E-state index contributed by atoms with van der Waals surface area (Å²) in [5.41, 5.74) is 2.17. The Morgan fingerprint density at radius 1 is 1.25 bits per heavy atom. The van der Waals surface area contributed by atoms with Gasteiger partial charge >= 0.3 is 0 Å². The summed E-state index contributed by atoms with van der Waals surface area (Å²) in [5, 5.41) is 4.63. The van der Waals surface area contributed by atoms with Crippen LogP contribution in [-0.4, -0.2) is 38.6 Å². The Balaban J connectivity index is 1.97. The van der Waals surface area contributed by atoms with E-state index in [-0.39, 0.29) is 6.04 Å². The average Bonchev–Trinajstić information content (AvgIpc) is 2.92. The van der Waals surface area contributed by atoms with Gasteiger partial charge in [0.15, 0.2) is 0 Å². The molecule has 0 aliphatic rings. The first-order valence-electron chi connectivity index (χ1n) is 8.57. The third-order valence-electron chi connectivity index (χ3n) is 4.33. The normalized spacial score (nSPS) is 13.7. The number of furan rings is 1. The number of nitrogens with zero attached hydrogens (tertiary/aromatic N) is 1. The molecular formula is C18H28N2O3S. The number of para-hydroxylation sites is 1. The Morgan fingerprint density at radius 3 is 2.58 bits per heavy atom. The van der Waals surface area contributed by atoms with Crippen LogP contribution in [0.15, 0.2) is 28.7 Å². The largest absolute Gasteiger partial charge is 0.459 e. The van der Waals surface area contributed by atoms with Crippen molar-refractivity contribution in [3.8, 4) is 0 Å². The van der Waals surface area contributed by atoms with E-state index in [1.165, 1.54) is 21.5 Å². The van der Waals surface area contributed by atoms with Crippen LogP contribution in [0.25, 0.3) is 11.0 Å². The number of hydrogen-bond acceptors (Lipinski definition) is 4. The standard InChI is InChI=1S/C18H28N2O3S/c1-5-15-16-10-7-8-11-17(16)23-18(15)14(3)19-12-9-13-20(6-2)24(4,21)22/h7-8,10-11,14,19H,5-6,9,12-13H2,1-4H3. The second kappa shape index (κ2) is 8.14. The fraction of sp³-hybridized carbons (Fsp3) is 0.556. The molecule has 1 heterocycles. The highest BCUT2D eigenvalue weighted by Gasteiger charge is 2.18. The van der Waals surface area contributed by atoms with Crippen molar-refractivity contribution in [3.63, 3.8) is 0 Å². The number of rotatable bonds is 9. The van der Waals surface area contributed by atoms with Crippen molar-refractivity contribution >= 4 is 21.0 Å². The lowest BCUT2D eigenvalue weighted by Crippen LogP contribution is -2.32. The Kier molecular flexibility index (Phi) is 6.43. The van der Waals surface area contributed by atoms with Gasteiger partial charge in [0.1, 0.15) is 11.3 Å². The van der Waals surface area contributed by atoms with Gasteiger partial charge in [-0.15, -0.1) is 0 Å². The molecule has 24 heavy (non-hydrogen) atoms. The summed E-state index contributed by atoms with van der Waals surface area (Å²) < 4.78 is 30.7. The lowest BCUT2D eigenvalue weighted by Gasteiger charge is -2.18. The van der Waals surface area contributed by atoms with E-state index in [9.17, 15) is 8.42 Å². The van der Waals surface area contributed by atoms with Crippen LogP contribution in [0.3, 0.4) is 0 Å². The summed E-state index contributed by atoms with van der Waals surface area (Å²) >= 11 is 0. The number of fused-ring (bicyclic) bond motifs is 1. The molecule has 2 aromatic rings. The van der Waals surface area contributed by atoms with E-state index in [2.05, 4.69) is 25.2 Å². The van der Waals surface area contributed by atoms with Crippen molar-refractivity contribution in [2.75, 3.05) is 25.9 Å². The van der Waals surface area contributed by atoms with E-state index >= 15 is 0 Å². The van der Waals surface area contributed by atoms with Crippen LogP contribution in [0.4, 0.5) is 0 Å². The Hall–Kier alpha value is -1.37. The van der Waals surface area contributed by atoms with Crippen LogP contribution in [0.5, 0.6) is 0 Å². The third-order valence-corrected chi connectivity index (χ3v) is 5.71. The van der Waals surface area contributed by atoms with Gasteiger partial charge in [-0.3, -0.25) is 0 Å². The molecule has 0 radical (unpaired) electrons. The quantitative estimate of drug-likeness (QED) is 0.703. The molecule has 0 spiro atoms. The lowest BCUT2D eigenvalue weighted by atomic mass is 10.1. The van der Waals surface area contributed by atoms with Crippen LogP contribution in [0.1, 0.15) is 44.6 Å². The van der Waals surface area contributed by atoms with Gasteiger partial charge in [-0.2, -0.15) is 0 Å². The Bertz CT molecular complexity index is 768. The van der Waals surface area contributed by atoms with Gasteiger partial charge in [-0.25, -0.2) is 12.7 Å². The van der Waals surface area contributed by atoms with E-state index in [4.69, 9.17) is 4.42 Å². The molecule has 1 N–H and O–H groups in total. The number of hydrogen-bond donors (Lipinski definition) is 1. The van der Waals surface area contributed by atoms with E-state index in [1.807, 2.05) is 25.1 Å². The molecule has 1 aromatic carbocycles. The van der Waals surface area contributed by atoms with Gasteiger partial charge < -0.3 is 9.73 Å². The first-order chi connectivity index (χ1) is 11.4. The summed E-state index contributed by atoms with van der Waals surface area (Å²) in [6.45, 7) is 7.88. The molecule has 134 valence electrons. The number of nitrogens with one attached hydrogen (secondary N) is 1. The molecule has 0 saturated carbocycles. The summed E-state index contributed by atoms with van der Waals surface area (Å²) in [4.78, 5) is 0. The molecule has 0 bridgehead atoms. The SMILES string of the molecule is CCc1c(C(C)NCCCN(CC)S(C)(=O)=O)oc2ccccc12. The monoisotopic (exact) mass is 352 g/mol. The Morgan fingerprint density at radius 2 is 1.96 bits per heavy atom. The average molecular weight is 353 g/mol.